The molecule has 0 radical (unpaired) electrons. The standard InChI is InChI=1S/C22H16F4N4O2/c1-30(22(32)17-6-12-13(24)2-9(23)3-16(12)28-17)19-8-27-7-18-20(19)10-4-14(25)15(26)5-11(10)21(31)29-18/h2-6,19,27-28H,7-8H2,1H3,(H,29,31)/t19-/m0/s1. The number of carbonyl (C=O) groups excluding carboxylic acids is 1. The number of fused-ring (bicyclic) bond motifs is 4. The van der Waals surface area contributed by atoms with Crippen molar-refractivity contribution in [1.82, 2.24) is 20.2 Å². The van der Waals surface area contributed by atoms with Gasteiger partial charge in [-0.2, -0.15) is 0 Å². The van der Waals surface area contributed by atoms with Crippen LogP contribution in [-0.2, 0) is 6.54 Å². The van der Waals surface area contributed by atoms with E-state index in [1.54, 1.807) is 0 Å². The van der Waals surface area contributed by atoms with Crippen molar-refractivity contribution in [2.45, 2.75) is 12.6 Å². The molecule has 0 saturated heterocycles. The number of nitrogens with zero attached hydrogens (tertiary/aromatic N) is 1. The predicted molar refractivity (Wildman–Crippen MR) is 109 cm³/mol. The van der Waals surface area contributed by atoms with Crippen LogP contribution in [0.4, 0.5) is 17.6 Å². The van der Waals surface area contributed by atoms with Crippen LogP contribution in [0, 0.1) is 23.3 Å². The number of pyridine rings is 1. The maximum absolute atomic E-state index is 14.1. The van der Waals surface area contributed by atoms with Crippen LogP contribution in [0.2, 0.25) is 0 Å². The number of benzene rings is 2. The summed E-state index contributed by atoms with van der Waals surface area (Å²) in [4.78, 5) is 32.3. The fraction of sp³-hybridized carbons (Fsp3) is 0.182. The van der Waals surface area contributed by atoms with Gasteiger partial charge in [-0.15, -0.1) is 0 Å². The molecule has 1 aliphatic rings. The topological polar surface area (TPSA) is 81.0 Å². The van der Waals surface area contributed by atoms with Crippen LogP contribution in [0.1, 0.15) is 27.8 Å². The van der Waals surface area contributed by atoms with E-state index in [9.17, 15) is 27.2 Å². The van der Waals surface area contributed by atoms with Gasteiger partial charge in [-0.05, 0) is 29.7 Å². The Morgan fingerprint density at radius 3 is 2.41 bits per heavy atom. The van der Waals surface area contributed by atoms with E-state index in [0.29, 0.717) is 11.3 Å². The summed E-state index contributed by atoms with van der Waals surface area (Å²) >= 11 is 0. The average Bonchev–Trinajstić information content (AvgIpc) is 3.18. The van der Waals surface area contributed by atoms with Crippen LogP contribution in [-0.4, -0.2) is 34.4 Å². The minimum Gasteiger partial charge on any atom is -0.350 e. The third-order valence-corrected chi connectivity index (χ3v) is 5.83. The predicted octanol–water partition coefficient (Wildman–Crippen LogP) is 3.48. The van der Waals surface area contributed by atoms with Gasteiger partial charge in [0.25, 0.3) is 11.5 Å². The Balaban J connectivity index is 1.62. The van der Waals surface area contributed by atoms with Crippen molar-refractivity contribution in [1.29, 1.82) is 0 Å². The summed E-state index contributed by atoms with van der Waals surface area (Å²) in [5.41, 5.74) is 0.539. The number of halogens is 4. The summed E-state index contributed by atoms with van der Waals surface area (Å²) in [6, 6.07) is 4.24. The Morgan fingerprint density at radius 1 is 0.938 bits per heavy atom. The van der Waals surface area contributed by atoms with Gasteiger partial charge in [0.2, 0.25) is 0 Å². The highest BCUT2D eigenvalue weighted by Gasteiger charge is 2.31. The molecular weight excluding hydrogens is 428 g/mol. The zero-order chi connectivity index (χ0) is 22.7. The molecule has 0 aliphatic carbocycles. The molecule has 0 saturated carbocycles. The minimum absolute atomic E-state index is 0.0291. The van der Waals surface area contributed by atoms with Crippen LogP contribution in [0.5, 0.6) is 0 Å². The molecule has 2 aromatic heterocycles. The zero-order valence-electron chi connectivity index (χ0n) is 16.7. The van der Waals surface area contributed by atoms with Gasteiger partial charge < -0.3 is 20.2 Å². The van der Waals surface area contributed by atoms with E-state index in [0.717, 1.165) is 24.3 Å². The first-order chi connectivity index (χ1) is 15.2. The Hall–Kier alpha value is -3.66. The Labute approximate surface area is 177 Å². The maximum Gasteiger partial charge on any atom is 0.270 e. The van der Waals surface area contributed by atoms with Gasteiger partial charge in [-0.1, -0.05) is 0 Å². The van der Waals surface area contributed by atoms with E-state index in [1.807, 2.05) is 0 Å². The molecule has 1 aliphatic heterocycles. The van der Waals surface area contributed by atoms with Gasteiger partial charge >= 0.3 is 0 Å². The smallest absolute Gasteiger partial charge is 0.270 e. The lowest BCUT2D eigenvalue weighted by Gasteiger charge is -2.34. The summed E-state index contributed by atoms with van der Waals surface area (Å²) in [6.45, 7) is 0.549. The van der Waals surface area contributed by atoms with Gasteiger partial charge in [0.15, 0.2) is 11.6 Å². The Morgan fingerprint density at radius 2 is 1.66 bits per heavy atom. The highest BCUT2D eigenvalue weighted by atomic mass is 19.2. The van der Waals surface area contributed by atoms with Crippen LogP contribution in [0.15, 0.2) is 35.1 Å². The highest BCUT2D eigenvalue weighted by molar-refractivity contribution is 5.98. The molecule has 164 valence electrons. The number of carbonyl (C=O) groups is 1. The van der Waals surface area contributed by atoms with Crippen LogP contribution in [0.25, 0.3) is 21.7 Å². The molecule has 0 spiro atoms. The average molecular weight is 444 g/mol. The second kappa shape index (κ2) is 7.20. The fourth-order valence-electron chi connectivity index (χ4n) is 4.29. The van der Waals surface area contributed by atoms with E-state index in [1.165, 1.54) is 18.0 Å². The van der Waals surface area contributed by atoms with Crippen molar-refractivity contribution in [3.63, 3.8) is 0 Å². The third-order valence-electron chi connectivity index (χ3n) is 5.83. The molecule has 1 atom stereocenters. The molecule has 0 bridgehead atoms. The normalized spacial score (nSPS) is 15.8. The molecule has 1 amide bonds. The summed E-state index contributed by atoms with van der Waals surface area (Å²) in [7, 11) is 1.50. The number of likely N-dealkylation sites (N-methyl/N-ethyl adjacent to an activating group) is 1. The third kappa shape index (κ3) is 3.06. The molecule has 5 rings (SSSR count). The second-order valence-corrected chi connectivity index (χ2v) is 7.75. The number of aromatic amines is 2. The largest absolute Gasteiger partial charge is 0.350 e. The molecule has 0 unspecified atom stereocenters. The molecule has 3 N–H and O–H groups in total. The lowest BCUT2D eigenvalue weighted by atomic mass is 9.93. The van der Waals surface area contributed by atoms with E-state index in [2.05, 4.69) is 15.3 Å². The summed E-state index contributed by atoms with van der Waals surface area (Å²) < 4.78 is 55.4. The fourth-order valence-corrected chi connectivity index (χ4v) is 4.29. The van der Waals surface area contributed by atoms with Crippen LogP contribution >= 0.6 is 0 Å². The lowest BCUT2D eigenvalue weighted by Crippen LogP contribution is -2.42. The van der Waals surface area contributed by atoms with Gasteiger partial charge in [0, 0.05) is 42.8 Å². The summed E-state index contributed by atoms with van der Waals surface area (Å²) in [5, 5.41) is 3.33. The number of nitrogens with one attached hydrogen (secondary N) is 3. The number of hydrogen-bond donors (Lipinski definition) is 3. The van der Waals surface area contributed by atoms with Crippen molar-refractivity contribution < 1.29 is 22.4 Å². The lowest BCUT2D eigenvalue weighted by molar-refractivity contribution is 0.0718. The number of amides is 1. The van der Waals surface area contributed by atoms with Crippen molar-refractivity contribution in [2.24, 2.45) is 0 Å². The highest BCUT2D eigenvalue weighted by Crippen LogP contribution is 2.33. The van der Waals surface area contributed by atoms with E-state index < -0.39 is 40.8 Å². The zero-order valence-corrected chi connectivity index (χ0v) is 16.7. The van der Waals surface area contributed by atoms with Crippen molar-refractivity contribution in [2.75, 3.05) is 13.6 Å². The number of hydrogen-bond acceptors (Lipinski definition) is 3. The first kappa shape index (κ1) is 20.3. The molecule has 4 aromatic rings. The Bertz CT molecular complexity index is 1480. The molecular formula is C22H16F4N4O2. The first-order valence-corrected chi connectivity index (χ1v) is 9.74. The van der Waals surface area contributed by atoms with E-state index >= 15 is 0 Å². The summed E-state index contributed by atoms with van der Waals surface area (Å²) in [6.07, 6.45) is 0. The van der Waals surface area contributed by atoms with Crippen LogP contribution < -0.4 is 10.9 Å². The molecule has 6 nitrogen and oxygen atoms in total. The molecule has 2 aromatic carbocycles. The van der Waals surface area contributed by atoms with Gasteiger partial charge in [0.1, 0.15) is 17.3 Å². The maximum atomic E-state index is 14.1. The first-order valence-electron chi connectivity index (χ1n) is 9.74. The SMILES string of the molecule is CN(C(=O)c1cc2c(F)cc(F)cc2[nH]1)[C@H]1CNCc2[nH]c(=O)c3cc(F)c(F)cc3c21. The number of H-pyrrole nitrogens is 2. The number of aromatic nitrogens is 2. The van der Waals surface area contributed by atoms with E-state index in [-0.39, 0.29) is 40.5 Å². The molecule has 3 heterocycles. The molecule has 10 heteroatoms. The number of rotatable bonds is 2. The monoisotopic (exact) mass is 444 g/mol. The quantitative estimate of drug-likeness (QED) is 0.414. The van der Waals surface area contributed by atoms with Crippen molar-refractivity contribution >= 4 is 27.6 Å². The van der Waals surface area contributed by atoms with Crippen LogP contribution in [0.3, 0.4) is 0 Å². The minimum atomic E-state index is -1.15. The summed E-state index contributed by atoms with van der Waals surface area (Å²) in [5.74, 6) is -4.36. The van der Waals surface area contributed by atoms with Crippen molar-refractivity contribution in [3.8, 4) is 0 Å². The van der Waals surface area contributed by atoms with E-state index in [4.69, 9.17) is 0 Å². The van der Waals surface area contributed by atoms with Gasteiger partial charge in [0.05, 0.1) is 16.9 Å². The second-order valence-electron chi connectivity index (χ2n) is 7.75. The van der Waals surface area contributed by atoms with Crippen molar-refractivity contribution in [3.05, 3.63) is 80.9 Å². The molecule has 0 fully saturated rings. The van der Waals surface area contributed by atoms with Gasteiger partial charge in [-0.3, -0.25) is 9.59 Å². The Kier molecular flexibility index (Phi) is 4.55. The molecule has 32 heavy (non-hydrogen) atoms. The van der Waals surface area contributed by atoms with Gasteiger partial charge in [-0.25, -0.2) is 17.6 Å².